The molecule has 2 unspecified atom stereocenters. The first kappa shape index (κ1) is 11.9. The fourth-order valence-electron chi connectivity index (χ4n) is 2.97. The quantitative estimate of drug-likeness (QED) is 0.896. The monoisotopic (exact) mass is 258 g/mol. The summed E-state index contributed by atoms with van der Waals surface area (Å²) >= 11 is 1.70. The van der Waals surface area contributed by atoms with E-state index in [1.165, 1.54) is 22.4 Å². The number of benzene rings is 1. The Kier molecular flexibility index (Phi) is 2.96. The summed E-state index contributed by atoms with van der Waals surface area (Å²) in [4.78, 5) is 5.43. The lowest BCUT2D eigenvalue weighted by Gasteiger charge is -2.38. The number of thiazole rings is 1. The Labute approximate surface area is 112 Å². The molecule has 1 aliphatic rings. The third kappa shape index (κ3) is 1.98. The number of rotatable bonds is 2. The zero-order valence-corrected chi connectivity index (χ0v) is 11.4. The summed E-state index contributed by atoms with van der Waals surface area (Å²) in [6, 6.07) is 8.65. The van der Waals surface area contributed by atoms with Crippen LogP contribution >= 0.6 is 11.3 Å². The first-order chi connectivity index (χ1) is 8.69. The smallest absolute Gasteiger partial charge is 0.0794 e. The Balaban J connectivity index is 2.00. The first-order valence-electron chi connectivity index (χ1n) is 6.45. The van der Waals surface area contributed by atoms with Crippen LogP contribution in [-0.4, -0.2) is 4.98 Å². The summed E-state index contributed by atoms with van der Waals surface area (Å²) in [7, 11) is 0. The largest absolute Gasteiger partial charge is 0.321 e. The Morgan fingerprint density at radius 1 is 1.44 bits per heavy atom. The lowest BCUT2D eigenvalue weighted by atomic mass is 9.71. The Bertz CT molecular complexity index is 535. The lowest BCUT2D eigenvalue weighted by molar-refractivity contribution is 0.350. The second kappa shape index (κ2) is 4.48. The zero-order chi connectivity index (χ0) is 12.6. The van der Waals surface area contributed by atoms with E-state index in [9.17, 15) is 0 Å². The average Bonchev–Trinajstić information content (AvgIpc) is 2.87. The zero-order valence-electron chi connectivity index (χ0n) is 10.6. The highest BCUT2D eigenvalue weighted by molar-refractivity contribution is 7.09. The predicted molar refractivity (Wildman–Crippen MR) is 75.8 cm³/mol. The number of fused-ring (bicyclic) bond motifs is 1. The predicted octanol–water partition coefficient (Wildman–Crippen LogP) is 3.44. The molecule has 2 atom stereocenters. The number of nitrogens with two attached hydrogens (primary N) is 1. The van der Waals surface area contributed by atoms with Crippen molar-refractivity contribution in [3.63, 3.8) is 0 Å². The summed E-state index contributed by atoms with van der Waals surface area (Å²) in [6.45, 7) is 2.30. The van der Waals surface area contributed by atoms with Gasteiger partial charge in [0.05, 0.1) is 5.51 Å². The molecule has 0 radical (unpaired) electrons. The first-order valence-corrected chi connectivity index (χ1v) is 7.33. The van der Waals surface area contributed by atoms with Crippen LogP contribution in [0.15, 0.2) is 36.0 Å². The van der Waals surface area contributed by atoms with Crippen molar-refractivity contribution in [1.29, 1.82) is 0 Å². The van der Waals surface area contributed by atoms with E-state index in [0.717, 1.165) is 12.8 Å². The third-order valence-electron chi connectivity index (χ3n) is 4.02. The molecular formula is C15H18N2S. The van der Waals surface area contributed by atoms with Gasteiger partial charge >= 0.3 is 0 Å². The van der Waals surface area contributed by atoms with Gasteiger partial charge in [-0.1, -0.05) is 31.2 Å². The van der Waals surface area contributed by atoms with Crippen LogP contribution in [0.4, 0.5) is 0 Å². The minimum atomic E-state index is -0.213. The second-order valence-corrected chi connectivity index (χ2v) is 6.30. The number of nitrogens with zero attached hydrogens (tertiary/aromatic N) is 1. The van der Waals surface area contributed by atoms with Gasteiger partial charge in [-0.05, 0) is 29.9 Å². The van der Waals surface area contributed by atoms with E-state index in [0.29, 0.717) is 5.92 Å². The number of hydrogen-bond donors (Lipinski definition) is 1. The van der Waals surface area contributed by atoms with E-state index in [2.05, 4.69) is 36.2 Å². The number of aromatic nitrogens is 1. The van der Waals surface area contributed by atoms with Crippen molar-refractivity contribution in [2.24, 2.45) is 5.73 Å². The molecule has 94 valence electrons. The van der Waals surface area contributed by atoms with Crippen molar-refractivity contribution < 1.29 is 0 Å². The average molecular weight is 258 g/mol. The highest BCUT2D eigenvalue weighted by Gasteiger charge is 2.35. The van der Waals surface area contributed by atoms with Crippen LogP contribution in [0.3, 0.4) is 0 Å². The molecule has 0 spiro atoms. The standard InChI is InChI=1S/C15H18N2S/c1-11-6-7-15(16,8-12-9-17-10-18-12)14-5-3-2-4-13(11)14/h2-5,9-11H,6-8,16H2,1H3. The van der Waals surface area contributed by atoms with Crippen LogP contribution in [0, 0.1) is 0 Å². The van der Waals surface area contributed by atoms with Gasteiger partial charge in [-0.3, -0.25) is 4.98 Å². The molecule has 2 N–H and O–H groups in total. The molecule has 3 rings (SSSR count). The van der Waals surface area contributed by atoms with Gasteiger partial charge in [0.15, 0.2) is 0 Å². The van der Waals surface area contributed by atoms with E-state index >= 15 is 0 Å². The summed E-state index contributed by atoms with van der Waals surface area (Å²) in [5, 5.41) is 0. The normalized spacial score (nSPS) is 26.9. The van der Waals surface area contributed by atoms with Crippen molar-refractivity contribution in [2.75, 3.05) is 0 Å². The van der Waals surface area contributed by atoms with Gasteiger partial charge < -0.3 is 5.73 Å². The third-order valence-corrected chi connectivity index (χ3v) is 4.80. The van der Waals surface area contributed by atoms with Crippen molar-refractivity contribution >= 4 is 11.3 Å². The maximum Gasteiger partial charge on any atom is 0.0794 e. The minimum absolute atomic E-state index is 0.213. The highest BCUT2D eigenvalue weighted by Crippen LogP contribution is 2.41. The maximum atomic E-state index is 6.70. The number of hydrogen-bond acceptors (Lipinski definition) is 3. The van der Waals surface area contributed by atoms with Gasteiger partial charge in [-0.2, -0.15) is 0 Å². The Hall–Kier alpha value is -1.19. The van der Waals surface area contributed by atoms with Crippen LogP contribution in [0.5, 0.6) is 0 Å². The topological polar surface area (TPSA) is 38.9 Å². The van der Waals surface area contributed by atoms with Crippen LogP contribution in [0.25, 0.3) is 0 Å². The lowest BCUT2D eigenvalue weighted by Crippen LogP contribution is -2.42. The molecule has 3 heteroatoms. The SMILES string of the molecule is CC1CCC(N)(Cc2cncs2)c2ccccc21. The second-order valence-electron chi connectivity index (χ2n) is 5.33. The molecule has 1 heterocycles. The molecule has 0 saturated carbocycles. The van der Waals surface area contributed by atoms with Crippen molar-refractivity contribution in [2.45, 2.75) is 37.6 Å². The molecule has 0 bridgehead atoms. The Morgan fingerprint density at radius 3 is 3.06 bits per heavy atom. The van der Waals surface area contributed by atoms with Gasteiger partial charge in [0.2, 0.25) is 0 Å². The molecule has 1 aromatic carbocycles. The molecule has 0 saturated heterocycles. The molecule has 2 nitrogen and oxygen atoms in total. The van der Waals surface area contributed by atoms with Crippen LogP contribution in [0.2, 0.25) is 0 Å². The van der Waals surface area contributed by atoms with Crippen LogP contribution in [0.1, 0.15) is 41.7 Å². The fourth-order valence-corrected chi connectivity index (χ4v) is 3.69. The summed E-state index contributed by atoms with van der Waals surface area (Å²) in [6.07, 6.45) is 5.08. The highest BCUT2D eigenvalue weighted by atomic mass is 32.1. The van der Waals surface area contributed by atoms with E-state index in [1.807, 2.05) is 11.7 Å². The van der Waals surface area contributed by atoms with E-state index in [4.69, 9.17) is 5.73 Å². The summed E-state index contributed by atoms with van der Waals surface area (Å²) in [5.74, 6) is 0.624. The molecule has 2 aromatic rings. The molecule has 18 heavy (non-hydrogen) atoms. The summed E-state index contributed by atoms with van der Waals surface area (Å²) in [5.41, 5.74) is 11.1. The molecule has 1 aromatic heterocycles. The Morgan fingerprint density at radius 2 is 2.28 bits per heavy atom. The molecule has 1 aliphatic carbocycles. The maximum absolute atomic E-state index is 6.70. The van der Waals surface area contributed by atoms with Gasteiger partial charge in [0.1, 0.15) is 0 Å². The molecule has 0 amide bonds. The van der Waals surface area contributed by atoms with Crippen molar-refractivity contribution in [3.8, 4) is 0 Å². The van der Waals surface area contributed by atoms with Crippen molar-refractivity contribution in [3.05, 3.63) is 52.0 Å². The van der Waals surface area contributed by atoms with Gasteiger partial charge in [0.25, 0.3) is 0 Å². The molecule has 0 aliphatic heterocycles. The van der Waals surface area contributed by atoms with Gasteiger partial charge in [-0.15, -0.1) is 11.3 Å². The van der Waals surface area contributed by atoms with E-state index < -0.39 is 0 Å². The molecular weight excluding hydrogens is 240 g/mol. The minimum Gasteiger partial charge on any atom is -0.321 e. The van der Waals surface area contributed by atoms with E-state index in [1.54, 1.807) is 11.3 Å². The summed E-state index contributed by atoms with van der Waals surface area (Å²) < 4.78 is 0. The van der Waals surface area contributed by atoms with Crippen LogP contribution < -0.4 is 5.73 Å². The van der Waals surface area contributed by atoms with Gasteiger partial charge in [-0.25, -0.2) is 0 Å². The van der Waals surface area contributed by atoms with Crippen molar-refractivity contribution in [1.82, 2.24) is 4.98 Å². The van der Waals surface area contributed by atoms with E-state index in [-0.39, 0.29) is 5.54 Å². The molecule has 0 fully saturated rings. The van der Waals surface area contributed by atoms with Crippen LogP contribution in [-0.2, 0) is 12.0 Å². The fraction of sp³-hybridized carbons (Fsp3) is 0.400. The van der Waals surface area contributed by atoms with Gasteiger partial charge in [0, 0.05) is 23.0 Å².